The predicted octanol–water partition coefficient (Wildman–Crippen LogP) is 1.68. The smallest absolute Gasteiger partial charge is 0.308 e. The number of benzene rings is 1. The second-order valence-corrected chi connectivity index (χ2v) is 2.57. The average molecular weight is 175 g/mol. The first kappa shape index (κ1) is 9.27. The molecule has 0 amide bonds. The van der Waals surface area contributed by atoms with Crippen LogP contribution in [0.5, 0.6) is 5.75 Å². The third kappa shape index (κ3) is 2.96. The van der Waals surface area contributed by atoms with Crippen LogP contribution in [0.1, 0.15) is 12.5 Å². The van der Waals surface area contributed by atoms with Crippen molar-refractivity contribution in [2.24, 2.45) is 0 Å². The highest BCUT2D eigenvalue weighted by Gasteiger charge is 1.97. The Labute approximate surface area is 76.6 Å². The fourth-order valence-corrected chi connectivity index (χ4v) is 0.933. The van der Waals surface area contributed by atoms with Gasteiger partial charge in [-0.1, -0.05) is 12.1 Å². The summed E-state index contributed by atoms with van der Waals surface area (Å²) in [5.41, 5.74) is 0.915. The van der Waals surface area contributed by atoms with Crippen molar-refractivity contribution in [1.29, 1.82) is 5.26 Å². The first-order valence-corrected chi connectivity index (χ1v) is 3.86. The molecule has 0 unspecified atom stereocenters. The predicted molar refractivity (Wildman–Crippen MR) is 47.1 cm³/mol. The average Bonchev–Trinajstić information content (AvgIpc) is 2.08. The lowest BCUT2D eigenvalue weighted by Crippen LogP contribution is -2.00. The van der Waals surface area contributed by atoms with E-state index in [9.17, 15) is 4.79 Å². The number of carbonyl (C=O) groups excluding carboxylic acids is 1. The molecule has 0 bridgehead atoms. The zero-order valence-corrected chi connectivity index (χ0v) is 7.28. The lowest BCUT2D eigenvalue weighted by Gasteiger charge is -2.00. The van der Waals surface area contributed by atoms with Gasteiger partial charge >= 0.3 is 5.97 Å². The molecule has 0 aliphatic carbocycles. The lowest BCUT2D eigenvalue weighted by atomic mass is 10.2. The van der Waals surface area contributed by atoms with Gasteiger partial charge in [0.15, 0.2) is 0 Å². The third-order valence-electron chi connectivity index (χ3n) is 1.47. The Morgan fingerprint density at radius 1 is 1.46 bits per heavy atom. The van der Waals surface area contributed by atoms with E-state index in [-0.39, 0.29) is 5.97 Å². The SMILES string of the molecule is CC(=O)Oc1ccc(CC#N)cc1. The molecule has 1 aromatic carbocycles. The van der Waals surface area contributed by atoms with Crippen molar-refractivity contribution in [3.8, 4) is 11.8 Å². The minimum absolute atomic E-state index is 0.340. The lowest BCUT2D eigenvalue weighted by molar-refractivity contribution is -0.131. The van der Waals surface area contributed by atoms with E-state index in [0.717, 1.165) is 5.56 Å². The van der Waals surface area contributed by atoms with E-state index in [1.165, 1.54) is 6.92 Å². The molecule has 0 fully saturated rings. The van der Waals surface area contributed by atoms with Gasteiger partial charge in [0.2, 0.25) is 0 Å². The highest BCUT2D eigenvalue weighted by Crippen LogP contribution is 2.12. The Hall–Kier alpha value is -1.82. The van der Waals surface area contributed by atoms with Crippen molar-refractivity contribution >= 4 is 5.97 Å². The van der Waals surface area contributed by atoms with Crippen molar-refractivity contribution < 1.29 is 9.53 Å². The van der Waals surface area contributed by atoms with Gasteiger partial charge in [-0.25, -0.2) is 0 Å². The summed E-state index contributed by atoms with van der Waals surface area (Å²) < 4.78 is 4.83. The van der Waals surface area contributed by atoms with Gasteiger partial charge in [0.25, 0.3) is 0 Å². The van der Waals surface area contributed by atoms with E-state index >= 15 is 0 Å². The molecule has 13 heavy (non-hydrogen) atoms. The summed E-state index contributed by atoms with van der Waals surface area (Å²) >= 11 is 0. The fourth-order valence-electron chi connectivity index (χ4n) is 0.933. The van der Waals surface area contributed by atoms with Crippen LogP contribution in [-0.2, 0) is 11.2 Å². The number of rotatable bonds is 2. The number of ether oxygens (including phenoxy) is 1. The van der Waals surface area contributed by atoms with Crippen molar-refractivity contribution in [2.75, 3.05) is 0 Å². The Balaban J connectivity index is 2.70. The van der Waals surface area contributed by atoms with Gasteiger partial charge in [0.05, 0.1) is 12.5 Å². The molecule has 0 saturated carbocycles. The van der Waals surface area contributed by atoms with Crippen LogP contribution in [0.4, 0.5) is 0 Å². The standard InChI is InChI=1S/C10H9NO2/c1-8(12)13-10-4-2-9(3-5-10)6-7-11/h2-5H,6H2,1H3. The molecular formula is C10H9NO2. The van der Waals surface area contributed by atoms with Crippen LogP contribution in [0.25, 0.3) is 0 Å². The molecule has 0 saturated heterocycles. The van der Waals surface area contributed by atoms with Crippen molar-refractivity contribution in [2.45, 2.75) is 13.3 Å². The molecule has 66 valence electrons. The Bertz CT molecular complexity index is 335. The molecule has 0 atom stereocenters. The van der Waals surface area contributed by atoms with Crippen LogP contribution in [-0.4, -0.2) is 5.97 Å². The van der Waals surface area contributed by atoms with Crippen LogP contribution < -0.4 is 4.74 Å². The highest BCUT2D eigenvalue weighted by molar-refractivity contribution is 5.69. The second kappa shape index (κ2) is 4.27. The largest absolute Gasteiger partial charge is 0.427 e. The zero-order valence-electron chi connectivity index (χ0n) is 7.28. The topological polar surface area (TPSA) is 50.1 Å². The van der Waals surface area contributed by atoms with Crippen molar-refractivity contribution in [3.63, 3.8) is 0 Å². The molecule has 0 aliphatic heterocycles. The summed E-state index contributed by atoms with van der Waals surface area (Å²) in [6.45, 7) is 1.35. The first-order valence-electron chi connectivity index (χ1n) is 3.86. The van der Waals surface area contributed by atoms with E-state index in [4.69, 9.17) is 10.00 Å². The molecule has 3 nitrogen and oxygen atoms in total. The monoisotopic (exact) mass is 175 g/mol. The minimum Gasteiger partial charge on any atom is -0.427 e. The van der Waals surface area contributed by atoms with Gasteiger partial charge in [-0.15, -0.1) is 0 Å². The number of hydrogen-bond donors (Lipinski definition) is 0. The number of hydrogen-bond acceptors (Lipinski definition) is 3. The molecule has 0 radical (unpaired) electrons. The van der Waals surface area contributed by atoms with E-state index in [1.54, 1.807) is 24.3 Å². The quantitative estimate of drug-likeness (QED) is 0.507. The zero-order chi connectivity index (χ0) is 9.68. The molecule has 0 aromatic heterocycles. The van der Waals surface area contributed by atoms with Gasteiger partial charge < -0.3 is 4.74 Å². The summed E-state index contributed by atoms with van der Waals surface area (Å²) in [4.78, 5) is 10.5. The van der Waals surface area contributed by atoms with Crippen LogP contribution >= 0.6 is 0 Å². The van der Waals surface area contributed by atoms with Crippen LogP contribution in [0.15, 0.2) is 24.3 Å². The Morgan fingerprint density at radius 3 is 2.54 bits per heavy atom. The van der Waals surface area contributed by atoms with E-state index < -0.39 is 0 Å². The van der Waals surface area contributed by atoms with Gasteiger partial charge in [-0.3, -0.25) is 4.79 Å². The van der Waals surface area contributed by atoms with Gasteiger partial charge in [0, 0.05) is 6.92 Å². The summed E-state index contributed by atoms with van der Waals surface area (Å²) in [6.07, 6.45) is 0.375. The molecule has 0 heterocycles. The Morgan fingerprint density at radius 2 is 2.08 bits per heavy atom. The number of esters is 1. The molecule has 1 rings (SSSR count). The molecule has 3 heteroatoms. The van der Waals surface area contributed by atoms with Crippen molar-refractivity contribution in [1.82, 2.24) is 0 Å². The van der Waals surface area contributed by atoms with Gasteiger partial charge in [-0.2, -0.15) is 5.26 Å². The first-order chi connectivity index (χ1) is 6.22. The number of nitriles is 1. The van der Waals surface area contributed by atoms with Gasteiger partial charge in [0.1, 0.15) is 5.75 Å². The summed E-state index contributed by atoms with van der Waals surface area (Å²) in [6, 6.07) is 8.92. The maximum Gasteiger partial charge on any atom is 0.308 e. The van der Waals surface area contributed by atoms with E-state index in [2.05, 4.69) is 0 Å². The molecule has 0 aliphatic rings. The molecular weight excluding hydrogens is 166 g/mol. The minimum atomic E-state index is -0.340. The second-order valence-electron chi connectivity index (χ2n) is 2.57. The van der Waals surface area contributed by atoms with E-state index in [1.807, 2.05) is 6.07 Å². The van der Waals surface area contributed by atoms with E-state index in [0.29, 0.717) is 12.2 Å². The number of carbonyl (C=O) groups is 1. The third-order valence-corrected chi connectivity index (χ3v) is 1.47. The summed E-state index contributed by atoms with van der Waals surface area (Å²) in [5, 5.41) is 8.40. The summed E-state index contributed by atoms with van der Waals surface area (Å²) in [5.74, 6) is 0.169. The van der Waals surface area contributed by atoms with Crippen LogP contribution in [0.3, 0.4) is 0 Å². The normalized spacial score (nSPS) is 8.92. The van der Waals surface area contributed by atoms with Crippen molar-refractivity contribution in [3.05, 3.63) is 29.8 Å². The fraction of sp³-hybridized carbons (Fsp3) is 0.200. The maximum atomic E-state index is 10.5. The van der Waals surface area contributed by atoms with Crippen LogP contribution in [0, 0.1) is 11.3 Å². The highest BCUT2D eigenvalue weighted by atomic mass is 16.5. The summed E-state index contributed by atoms with van der Waals surface area (Å²) in [7, 11) is 0. The maximum absolute atomic E-state index is 10.5. The number of nitrogens with zero attached hydrogens (tertiary/aromatic N) is 1. The molecule has 1 aromatic rings. The molecule has 0 N–H and O–H groups in total. The van der Waals surface area contributed by atoms with Gasteiger partial charge in [-0.05, 0) is 17.7 Å². The van der Waals surface area contributed by atoms with Crippen LogP contribution in [0.2, 0.25) is 0 Å². The molecule has 0 spiro atoms. The Kier molecular flexibility index (Phi) is 3.04.